The van der Waals surface area contributed by atoms with Gasteiger partial charge in [0.1, 0.15) is 0 Å². The van der Waals surface area contributed by atoms with Crippen molar-refractivity contribution < 1.29 is 18.7 Å². The molecule has 0 aliphatic carbocycles. The summed E-state index contributed by atoms with van der Waals surface area (Å²) in [7, 11) is 3.20. The van der Waals surface area contributed by atoms with Crippen LogP contribution in [0.3, 0.4) is 0 Å². The molecule has 2 heterocycles. The summed E-state index contributed by atoms with van der Waals surface area (Å²) >= 11 is 0. The highest BCUT2D eigenvalue weighted by atomic mass is 19.1. The molecule has 134 valence electrons. The number of carbonyl (C=O) groups excluding carboxylic acids is 1. The van der Waals surface area contributed by atoms with E-state index < -0.39 is 11.4 Å². The quantitative estimate of drug-likeness (QED) is 0.922. The Kier molecular flexibility index (Phi) is 4.76. The second kappa shape index (κ2) is 6.84. The SMILES string of the molecule is COc1ccc(C2(NC(=O)c3nn(C)cc3C)CCOCC2)cc1F. The number of carbonyl (C=O) groups is 1. The predicted molar refractivity (Wildman–Crippen MR) is 90.1 cm³/mol. The van der Waals surface area contributed by atoms with Crippen molar-refractivity contribution in [1.82, 2.24) is 15.1 Å². The number of nitrogens with one attached hydrogen (secondary N) is 1. The molecule has 0 spiro atoms. The van der Waals surface area contributed by atoms with Gasteiger partial charge in [0.25, 0.3) is 5.91 Å². The molecule has 0 radical (unpaired) electrons. The van der Waals surface area contributed by atoms with Gasteiger partial charge in [0.05, 0.1) is 12.6 Å². The zero-order valence-electron chi connectivity index (χ0n) is 14.6. The van der Waals surface area contributed by atoms with Gasteiger partial charge >= 0.3 is 0 Å². The van der Waals surface area contributed by atoms with Gasteiger partial charge in [-0.15, -0.1) is 0 Å². The molecule has 1 N–H and O–H groups in total. The Morgan fingerprint density at radius 2 is 2.12 bits per heavy atom. The number of ether oxygens (including phenoxy) is 2. The molecule has 6 nitrogen and oxygen atoms in total. The number of benzene rings is 1. The van der Waals surface area contributed by atoms with Crippen LogP contribution in [0.5, 0.6) is 5.75 Å². The number of hydrogen-bond acceptors (Lipinski definition) is 4. The van der Waals surface area contributed by atoms with Crippen molar-refractivity contribution in [1.29, 1.82) is 0 Å². The van der Waals surface area contributed by atoms with Crippen LogP contribution in [0.1, 0.15) is 34.5 Å². The topological polar surface area (TPSA) is 65.4 Å². The number of aryl methyl sites for hydroxylation is 2. The minimum atomic E-state index is -0.688. The monoisotopic (exact) mass is 347 g/mol. The van der Waals surface area contributed by atoms with Crippen molar-refractivity contribution in [2.24, 2.45) is 7.05 Å². The highest BCUT2D eigenvalue weighted by Crippen LogP contribution is 2.34. The van der Waals surface area contributed by atoms with Crippen LogP contribution in [0.15, 0.2) is 24.4 Å². The third-order valence-electron chi connectivity index (χ3n) is 4.63. The van der Waals surface area contributed by atoms with Gasteiger partial charge in [0, 0.05) is 32.0 Å². The van der Waals surface area contributed by atoms with Crippen LogP contribution in [0.2, 0.25) is 0 Å². The normalized spacial score (nSPS) is 16.5. The molecule has 1 aromatic carbocycles. The summed E-state index contributed by atoms with van der Waals surface area (Å²) in [5.41, 5.74) is 1.19. The van der Waals surface area contributed by atoms with E-state index in [1.54, 1.807) is 30.1 Å². The van der Waals surface area contributed by atoms with Crippen LogP contribution in [-0.2, 0) is 17.3 Å². The molecule has 1 fully saturated rings. The van der Waals surface area contributed by atoms with Crippen LogP contribution >= 0.6 is 0 Å². The first-order valence-corrected chi connectivity index (χ1v) is 8.20. The van der Waals surface area contributed by atoms with E-state index in [0.29, 0.717) is 37.3 Å². The fourth-order valence-electron chi connectivity index (χ4n) is 3.28. The summed E-state index contributed by atoms with van der Waals surface area (Å²) in [4.78, 5) is 12.8. The Hall–Kier alpha value is -2.41. The molecule has 0 atom stereocenters. The third kappa shape index (κ3) is 3.37. The summed E-state index contributed by atoms with van der Waals surface area (Å²) in [6, 6.07) is 4.80. The Labute approximate surface area is 145 Å². The van der Waals surface area contributed by atoms with E-state index >= 15 is 0 Å². The van der Waals surface area contributed by atoms with Gasteiger partial charge in [0.2, 0.25) is 0 Å². The molecule has 3 rings (SSSR count). The lowest BCUT2D eigenvalue weighted by Gasteiger charge is -2.38. The molecule has 25 heavy (non-hydrogen) atoms. The Morgan fingerprint density at radius 3 is 2.68 bits per heavy atom. The van der Waals surface area contributed by atoms with Crippen molar-refractivity contribution >= 4 is 5.91 Å². The molecule has 7 heteroatoms. The van der Waals surface area contributed by atoms with Crippen molar-refractivity contribution in [3.05, 3.63) is 47.0 Å². The van der Waals surface area contributed by atoms with E-state index in [1.807, 2.05) is 6.92 Å². The van der Waals surface area contributed by atoms with E-state index in [9.17, 15) is 9.18 Å². The number of amides is 1. The minimum absolute atomic E-state index is 0.179. The van der Waals surface area contributed by atoms with E-state index in [0.717, 1.165) is 5.56 Å². The number of halogens is 1. The van der Waals surface area contributed by atoms with E-state index in [4.69, 9.17) is 9.47 Å². The first-order valence-electron chi connectivity index (χ1n) is 8.20. The van der Waals surface area contributed by atoms with Gasteiger partial charge in [-0.25, -0.2) is 4.39 Å². The minimum Gasteiger partial charge on any atom is -0.494 e. The standard InChI is InChI=1S/C18H22FN3O3/c1-12-11-22(2)21-16(12)17(23)20-18(6-8-25-9-7-18)13-4-5-15(24-3)14(19)10-13/h4-5,10-11H,6-9H2,1-3H3,(H,20,23). The summed E-state index contributed by atoms with van der Waals surface area (Å²) in [5.74, 6) is -0.539. The highest BCUT2D eigenvalue weighted by molar-refractivity contribution is 5.94. The van der Waals surface area contributed by atoms with Gasteiger partial charge in [-0.3, -0.25) is 9.48 Å². The second-order valence-corrected chi connectivity index (χ2v) is 6.33. The molecule has 1 aliphatic rings. The van der Waals surface area contributed by atoms with E-state index in [1.165, 1.54) is 13.2 Å². The first kappa shape index (κ1) is 17.4. The molecule has 0 saturated carbocycles. The fourth-order valence-corrected chi connectivity index (χ4v) is 3.28. The average molecular weight is 347 g/mol. The Morgan fingerprint density at radius 1 is 1.40 bits per heavy atom. The number of methoxy groups -OCH3 is 1. The van der Waals surface area contributed by atoms with Crippen molar-refractivity contribution in [2.45, 2.75) is 25.3 Å². The molecular weight excluding hydrogens is 325 g/mol. The molecule has 0 bridgehead atoms. The van der Waals surface area contributed by atoms with Crippen molar-refractivity contribution in [2.75, 3.05) is 20.3 Å². The molecule has 1 saturated heterocycles. The Balaban J connectivity index is 1.95. The summed E-state index contributed by atoms with van der Waals surface area (Å²) in [6.07, 6.45) is 2.92. The van der Waals surface area contributed by atoms with E-state index in [2.05, 4.69) is 10.4 Å². The van der Waals surface area contributed by atoms with Gasteiger partial charge in [-0.05, 0) is 37.5 Å². The third-order valence-corrected chi connectivity index (χ3v) is 4.63. The fraction of sp³-hybridized carbons (Fsp3) is 0.444. The average Bonchev–Trinajstić information content (AvgIpc) is 2.94. The number of hydrogen-bond donors (Lipinski definition) is 1. The van der Waals surface area contributed by atoms with Crippen LogP contribution in [-0.4, -0.2) is 36.0 Å². The first-order chi connectivity index (χ1) is 11.9. The zero-order valence-corrected chi connectivity index (χ0v) is 14.6. The number of rotatable bonds is 4. The Bertz CT molecular complexity index is 782. The molecule has 1 aliphatic heterocycles. The maximum absolute atomic E-state index is 14.2. The second-order valence-electron chi connectivity index (χ2n) is 6.33. The number of nitrogens with zero attached hydrogens (tertiary/aromatic N) is 2. The van der Waals surface area contributed by atoms with Gasteiger partial charge < -0.3 is 14.8 Å². The molecular formula is C18H22FN3O3. The summed E-state index contributed by atoms with van der Waals surface area (Å²) in [6.45, 7) is 2.83. The number of aromatic nitrogens is 2. The lowest BCUT2D eigenvalue weighted by Crippen LogP contribution is -2.49. The van der Waals surface area contributed by atoms with Crippen LogP contribution in [0.25, 0.3) is 0 Å². The molecule has 1 aromatic heterocycles. The lowest BCUT2D eigenvalue weighted by molar-refractivity contribution is 0.0342. The lowest BCUT2D eigenvalue weighted by atomic mass is 9.82. The largest absolute Gasteiger partial charge is 0.494 e. The smallest absolute Gasteiger partial charge is 0.272 e. The molecule has 2 aromatic rings. The van der Waals surface area contributed by atoms with Gasteiger partial charge in [-0.1, -0.05) is 6.07 Å². The van der Waals surface area contributed by atoms with Gasteiger partial charge in [-0.2, -0.15) is 5.10 Å². The maximum Gasteiger partial charge on any atom is 0.272 e. The zero-order chi connectivity index (χ0) is 18.0. The van der Waals surface area contributed by atoms with Crippen LogP contribution < -0.4 is 10.1 Å². The summed E-state index contributed by atoms with van der Waals surface area (Å²) < 4.78 is 26.3. The molecule has 0 unspecified atom stereocenters. The summed E-state index contributed by atoms with van der Waals surface area (Å²) in [5, 5.41) is 7.31. The van der Waals surface area contributed by atoms with Crippen molar-refractivity contribution in [3.63, 3.8) is 0 Å². The van der Waals surface area contributed by atoms with Crippen molar-refractivity contribution in [3.8, 4) is 5.75 Å². The van der Waals surface area contributed by atoms with Gasteiger partial charge in [0.15, 0.2) is 17.3 Å². The van der Waals surface area contributed by atoms with E-state index in [-0.39, 0.29) is 11.7 Å². The molecule has 1 amide bonds. The van der Waals surface area contributed by atoms with Crippen LogP contribution in [0.4, 0.5) is 4.39 Å². The highest BCUT2D eigenvalue weighted by Gasteiger charge is 2.37. The predicted octanol–water partition coefficient (Wildman–Crippen LogP) is 2.31. The van der Waals surface area contributed by atoms with Crippen LogP contribution in [0, 0.1) is 12.7 Å². The maximum atomic E-state index is 14.2.